The molecule has 0 saturated carbocycles. The van der Waals surface area contributed by atoms with Crippen molar-refractivity contribution in [2.24, 2.45) is 0 Å². The molecule has 1 fully saturated rings. The largest absolute Gasteiger partial charge is 1.00 e. The Morgan fingerprint density at radius 1 is 1.22 bits per heavy atom. The Hall–Kier alpha value is -0.730. The summed E-state index contributed by atoms with van der Waals surface area (Å²) < 4.78 is 5.95. The summed E-state index contributed by atoms with van der Waals surface area (Å²) in [4.78, 5) is 0. The van der Waals surface area contributed by atoms with Crippen LogP contribution in [0.2, 0.25) is 0 Å². The fraction of sp³-hybridized carbons (Fsp3) is 0.600. The van der Waals surface area contributed by atoms with E-state index in [0.717, 1.165) is 18.4 Å². The lowest BCUT2D eigenvalue weighted by molar-refractivity contribution is -0.698. The second-order valence-corrected chi connectivity index (χ2v) is 5.14. The topological polar surface area (TPSA) is 25.8 Å². The lowest BCUT2D eigenvalue weighted by atomic mass is 10.0. The minimum atomic E-state index is 0. The van der Waals surface area contributed by atoms with Crippen molar-refractivity contribution in [3.05, 3.63) is 29.3 Å². The van der Waals surface area contributed by atoms with E-state index in [1.54, 1.807) is 0 Å². The van der Waals surface area contributed by atoms with E-state index in [2.05, 4.69) is 37.4 Å². The molecule has 1 unspecified atom stereocenters. The summed E-state index contributed by atoms with van der Waals surface area (Å²) in [6.07, 6.45) is 5.31. The zero-order chi connectivity index (χ0) is 12.1. The number of aryl methyl sites for hydroxylation is 2. The number of halogens is 1. The molecular formula is C15H24ClNO. The van der Waals surface area contributed by atoms with Gasteiger partial charge in [0.25, 0.3) is 0 Å². The molecule has 0 aromatic heterocycles. The fourth-order valence-corrected chi connectivity index (χ4v) is 2.62. The van der Waals surface area contributed by atoms with E-state index in [0.29, 0.717) is 0 Å². The van der Waals surface area contributed by atoms with Crippen LogP contribution in [-0.2, 0) is 0 Å². The average molecular weight is 270 g/mol. The molecule has 18 heavy (non-hydrogen) atoms. The van der Waals surface area contributed by atoms with Gasteiger partial charge in [-0.25, -0.2) is 0 Å². The Balaban J connectivity index is 0.00000162. The van der Waals surface area contributed by atoms with E-state index in [9.17, 15) is 0 Å². The molecular weight excluding hydrogens is 246 g/mol. The summed E-state index contributed by atoms with van der Waals surface area (Å²) in [5.74, 6) is 1.09. The van der Waals surface area contributed by atoms with Gasteiger partial charge in [0.05, 0.1) is 19.2 Å². The zero-order valence-electron chi connectivity index (χ0n) is 11.4. The van der Waals surface area contributed by atoms with Crippen molar-refractivity contribution in [1.29, 1.82) is 0 Å². The van der Waals surface area contributed by atoms with Crippen LogP contribution >= 0.6 is 0 Å². The first-order chi connectivity index (χ1) is 8.27. The Bertz CT molecular complexity index is 341. The van der Waals surface area contributed by atoms with Crippen molar-refractivity contribution < 1.29 is 22.5 Å². The van der Waals surface area contributed by atoms with Crippen LogP contribution in [-0.4, -0.2) is 19.2 Å². The number of hydrogen-bond acceptors (Lipinski definition) is 1. The van der Waals surface area contributed by atoms with Gasteiger partial charge >= 0.3 is 0 Å². The zero-order valence-corrected chi connectivity index (χ0v) is 12.2. The van der Waals surface area contributed by atoms with Gasteiger partial charge in [0, 0.05) is 6.42 Å². The second kappa shape index (κ2) is 7.65. The lowest BCUT2D eigenvalue weighted by Crippen LogP contribution is -3.00. The van der Waals surface area contributed by atoms with Crippen LogP contribution in [0.25, 0.3) is 0 Å². The molecule has 2 nitrogen and oxygen atoms in total. The number of quaternary nitrogens is 1. The number of piperidine rings is 1. The van der Waals surface area contributed by atoms with E-state index < -0.39 is 0 Å². The van der Waals surface area contributed by atoms with Gasteiger partial charge in [-0.2, -0.15) is 0 Å². The van der Waals surface area contributed by atoms with Gasteiger partial charge in [0.2, 0.25) is 0 Å². The number of nitrogens with two attached hydrogens (primary N) is 1. The van der Waals surface area contributed by atoms with E-state index >= 15 is 0 Å². The summed E-state index contributed by atoms with van der Waals surface area (Å²) >= 11 is 0. The maximum Gasteiger partial charge on any atom is 0.125 e. The molecule has 3 heteroatoms. The Kier molecular flexibility index (Phi) is 6.51. The molecule has 0 spiro atoms. The van der Waals surface area contributed by atoms with Crippen molar-refractivity contribution in [1.82, 2.24) is 0 Å². The first kappa shape index (κ1) is 15.3. The third-order valence-corrected chi connectivity index (χ3v) is 3.67. The van der Waals surface area contributed by atoms with Crippen LogP contribution in [0, 0.1) is 13.8 Å². The minimum Gasteiger partial charge on any atom is -1.00 e. The number of rotatable bonds is 4. The molecule has 2 N–H and O–H groups in total. The average Bonchev–Trinajstić information content (AvgIpc) is 2.34. The van der Waals surface area contributed by atoms with Gasteiger partial charge < -0.3 is 22.5 Å². The van der Waals surface area contributed by atoms with Gasteiger partial charge in [-0.15, -0.1) is 0 Å². The monoisotopic (exact) mass is 269 g/mol. The summed E-state index contributed by atoms with van der Waals surface area (Å²) in [6.45, 7) is 6.39. The first-order valence-electron chi connectivity index (χ1n) is 6.79. The molecule has 1 saturated heterocycles. The van der Waals surface area contributed by atoms with Crippen molar-refractivity contribution in [2.45, 2.75) is 45.6 Å². The highest BCUT2D eigenvalue weighted by atomic mass is 35.5. The molecule has 1 heterocycles. The van der Waals surface area contributed by atoms with Crippen LogP contribution in [0.3, 0.4) is 0 Å². The third-order valence-electron chi connectivity index (χ3n) is 3.67. The van der Waals surface area contributed by atoms with Crippen LogP contribution < -0.4 is 22.5 Å². The number of ether oxygens (including phenoxy) is 1. The maximum absolute atomic E-state index is 5.95. The molecule has 1 aromatic carbocycles. The van der Waals surface area contributed by atoms with Crippen LogP contribution in [0.5, 0.6) is 5.75 Å². The maximum atomic E-state index is 5.95. The highest BCUT2D eigenvalue weighted by Crippen LogP contribution is 2.22. The van der Waals surface area contributed by atoms with Crippen LogP contribution in [0.4, 0.5) is 0 Å². The molecule has 2 rings (SSSR count). The van der Waals surface area contributed by atoms with E-state index in [-0.39, 0.29) is 12.4 Å². The van der Waals surface area contributed by atoms with Gasteiger partial charge in [-0.1, -0.05) is 18.2 Å². The summed E-state index contributed by atoms with van der Waals surface area (Å²) in [5, 5.41) is 2.48. The molecule has 1 aromatic rings. The minimum absolute atomic E-state index is 0. The Labute approximate surface area is 117 Å². The van der Waals surface area contributed by atoms with Gasteiger partial charge in [0.15, 0.2) is 0 Å². The quantitative estimate of drug-likeness (QED) is 0.761. The van der Waals surface area contributed by atoms with E-state index in [4.69, 9.17) is 4.74 Å². The number of benzene rings is 1. The highest BCUT2D eigenvalue weighted by molar-refractivity contribution is 5.39. The second-order valence-electron chi connectivity index (χ2n) is 5.14. The lowest BCUT2D eigenvalue weighted by Gasteiger charge is -2.20. The molecule has 102 valence electrons. The van der Waals surface area contributed by atoms with Crippen LogP contribution in [0.1, 0.15) is 36.8 Å². The van der Waals surface area contributed by atoms with E-state index in [1.807, 2.05) is 0 Å². The number of hydrogen-bond donors (Lipinski definition) is 1. The summed E-state index contributed by atoms with van der Waals surface area (Å²) in [7, 11) is 0. The number of para-hydroxylation sites is 1. The molecule has 0 amide bonds. The molecule has 1 aliphatic rings. The molecule has 0 aliphatic carbocycles. The van der Waals surface area contributed by atoms with Gasteiger partial charge in [0.1, 0.15) is 5.75 Å². The third kappa shape index (κ3) is 4.18. The highest BCUT2D eigenvalue weighted by Gasteiger charge is 2.16. The molecule has 1 aliphatic heterocycles. The standard InChI is InChI=1S/C15H23NO.ClH/c1-12-6-5-7-13(2)15(12)17-11-9-14-8-3-4-10-16-14;/h5-7,14,16H,3-4,8-11H2,1-2H3;1H. The predicted octanol–water partition coefficient (Wildman–Crippen LogP) is -0.808. The van der Waals surface area contributed by atoms with Crippen LogP contribution in [0.15, 0.2) is 18.2 Å². The SMILES string of the molecule is Cc1cccc(C)c1OCCC1CCCC[NH2+]1.[Cl-]. The Morgan fingerprint density at radius 2 is 1.94 bits per heavy atom. The smallest absolute Gasteiger partial charge is 0.125 e. The van der Waals surface area contributed by atoms with Crippen molar-refractivity contribution >= 4 is 0 Å². The molecule has 1 atom stereocenters. The van der Waals surface area contributed by atoms with Crippen molar-refractivity contribution in [3.63, 3.8) is 0 Å². The Morgan fingerprint density at radius 3 is 2.56 bits per heavy atom. The summed E-state index contributed by atoms with van der Waals surface area (Å²) in [5.41, 5.74) is 2.50. The molecule has 0 radical (unpaired) electrons. The normalized spacial score (nSPS) is 19.1. The predicted molar refractivity (Wildman–Crippen MR) is 70.5 cm³/mol. The first-order valence-corrected chi connectivity index (χ1v) is 6.79. The van der Waals surface area contributed by atoms with Gasteiger partial charge in [-0.05, 0) is 44.2 Å². The fourth-order valence-electron chi connectivity index (χ4n) is 2.62. The van der Waals surface area contributed by atoms with Gasteiger partial charge in [-0.3, -0.25) is 0 Å². The molecule has 0 bridgehead atoms. The summed E-state index contributed by atoms with van der Waals surface area (Å²) in [6, 6.07) is 7.12. The van der Waals surface area contributed by atoms with Crippen molar-refractivity contribution in [2.75, 3.05) is 13.2 Å². The van der Waals surface area contributed by atoms with Crippen molar-refractivity contribution in [3.8, 4) is 5.75 Å². The van der Waals surface area contributed by atoms with E-state index in [1.165, 1.54) is 43.4 Å².